The molecule has 0 bridgehead atoms. The zero-order valence-corrected chi connectivity index (χ0v) is 11.9. The summed E-state index contributed by atoms with van der Waals surface area (Å²) in [5.74, 6) is 1.29. The van der Waals surface area contributed by atoms with Crippen molar-refractivity contribution in [3.8, 4) is 11.4 Å². The lowest BCUT2D eigenvalue weighted by Crippen LogP contribution is -2.12. The van der Waals surface area contributed by atoms with Gasteiger partial charge in [-0.3, -0.25) is 9.97 Å². The van der Waals surface area contributed by atoms with E-state index in [1.165, 1.54) is 0 Å². The molecule has 21 heavy (non-hydrogen) atoms. The first-order valence-electron chi connectivity index (χ1n) is 7.06. The molecule has 0 saturated carbocycles. The maximum absolute atomic E-state index is 5.77. The Morgan fingerprint density at radius 1 is 1.19 bits per heavy atom. The predicted octanol–water partition coefficient (Wildman–Crippen LogP) is 2.52. The molecule has 6 nitrogen and oxygen atoms in total. The largest absolute Gasteiger partial charge is 0.339 e. The summed E-state index contributed by atoms with van der Waals surface area (Å²) >= 11 is 0. The van der Waals surface area contributed by atoms with Crippen LogP contribution in [0.15, 0.2) is 35.1 Å². The Morgan fingerprint density at radius 3 is 2.76 bits per heavy atom. The zero-order valence-electron chi connectivity index (χ0n) is 11.9. The van der Waals surface area contributed by atoms with Crippen molar-refractivity contribution < 1.29 is 4.52 Å². The number of hydrogen-bond acceptors (Lipinski definition) is 6. The third kappa shape index (κ3) is 2.75. The van der Waals surface area contributed by atoms with Gasteiger partial charge >= 0.3 is 0 Å². The van der Waals surface area contributed by atoms with Gasteiger partial charge in [-0.1, -0.05) is 18.5 Å². The molecule has 6 heteroatoms. The van der Waals surface area contributed by atoms with Gasteiger partial charge in [0.2, 0.25) is 11.7 Å². The summed E-state index contributed by atoms with van der Waals surface area (Å²) in [5, 5.41) is 4.05. The van der Waals surface area contributed by atoms with Crippen molar-refractivity contribution in [1.29, 1.82) is 0 Å². The Balaban J connectivity index is 1.93. The summed E-state index contributed by atoms with van der Waals surface area (Å²) in [6.07, 6.45) is 5.32. The second kappa shape index (κ2) is 5.97. The van der Waals surface area contributed by atoms with Crippen molar-refractivity contribution in [2.45, 2.75) is 25.7 Å². The first-order chi connectivity index (χ1) is 10.3. The highest BCUT2D eigenvalue weighted by atomic mass is 16.5. The molecule has 1 aromatic carbocycles. The van der Waals surface area contributed by atoms with E-state index in [1.54, 1.807) is 12.4 Å². The second-order valence-corrected chi connectivity index (χ2v) is 4.94. The Labute approximate surface area is 122 Å². The van der Waals surface area contributed by atoms with Crippen molar-refractivity contribution in [2.24, 2.45) is 5.73 Å². The number of fused-ring (bicyclic) bond motifs is 1. The monoisotopic (exact) mass is 283 g/mol. The molecular formula is C15H17N5O. The minimum atomic E-state index is 0.122. The molecule has 0 aliphatic rings. The number of nitrogens with two attached hydrogens (primary N) is 1. The van der Waals surface area contributed by atoms with Gasteiger partial charge in [-0.2, -0.15) is 4.98 Å². The molecule has 2 N–H and O–H groups in total. The number of nitrogens with zero attached hydrogens (tertiary/aromatic N) is 4. The molecule has 0 spiro atoms. The molecular weight excluding hydrogens is 266 g/mol. The van der Waals surface area contributed by atoms with Crippen LogP contribution >= 0.6 is 0 Å². The lowest BCUT2D eigenvalue weighted by atomic mass is 10.0. The lowest BCUT2D eigenvalue weighted by molar-refractivity contribution is 0.347. The van der Waals surface area contributed by atoms with Crippen LogP contribution in [0, 0.1) is 0 Å². The van der Waals surface area contributed by atoms with Crippen LogP contribution in [0.3, 0.4) is 0 Å². The molecule has 1 unspecified atom stereocenters. The molecule has 0 fully saturated rings. The molecule has 0 aliphatic carbocycles. The highest BCUT2D eigenvalue weighted by Crippen LogP contribution is 2.24. The summed E-state index contributed by atoms with van der Waals surface area (Å²) in [4.78, 5) is 13.0. The predicted molar refractivity (Wildman–Crippen MR) is 79.5 cm³/mol. The highest BCUT2D eigenvalue weighted by Gasteiger charge is 2.17. The smallest absolute Gasteiger partial charge is 0.231 e. The Morgan fingerprint density at radius 2 is 2.00 bits per heavy atom. The Kier molecular flexibility index (Phi) is 3.87. The maximum Gasteiger partial charge on any atom is 0.231 e. The van der Waals surface area contributed by atoms with Crippen LogP contribution in [0.5, 0.6) is 0 Å². The maximum atomic E-state index is 5.77. The average molecular weight is 283 g/mol. The summed E-state index contributed by atoms with van der Waals surface area (Å²) < 4.78 is 5.36. The minimum absolute atomic E-state index is 0.122. The first kappa shape index (κ1) is 13.6. The van der Waals surface area contributed by atoms with Crippen molar-refractivity contribution in [2.75, 3.05) is 6.54 Å². The summed E-state index contributed by atoms with van der Waals surface area (Å²) in [6, 6.07) is 5.73. The number of hydrogen-bond donors (Lipinski definition) is 1. The topological polar surface area (TPSA) is 90.7 Å². The minimum Gasteiger partial charge on any atom is -0.339 e. The molecule has 2 heterocycles. The van der Waals surface area contributed by atoms with Crippen LogP contribution in [0.1, 0.15) is 31.6 Å². The standard InChI is InChI=1S/C15H17N5O/c1-2-3-11(9-16)15-19-14(20-21-15)10-4-5-12-13(8-10)18-7-6-17-12/h4-8,11H,2-3,9,16H2,1H3. The summed E-state index contributed by atoms with van der Waals surface area (Å²) in [5.41, 5.74) is 8.29. The molecule has 3 rings (SSSR count). The van der Waals surface area contributed by atoms with Crippen LogP contribution in [0.4, 0.5) is 0 Å². The average Bonchev–Trinajstić information content (AvgIpc) is 3.02. The molecule has 2 aromatic heterocycles. The van der Waals surface area contributed by atoms with Gasteiger partial charge in [-0.15, -0.1) is 0 Å². The summed E-state index contributed by atoms with van der Waals surface area (Å²) in [6.45, 7) is 2.63. The van der Waals surface area contributed by atoms with E-state index < -0.39 is 0 Å². The van der Waals surface area contributed by atoms with E-state index in [2.05, 4.69) is 27.0 Å². The SMILES string of the molecule is CCCC(CN)c1nc(-c2ccc3nccnc3c2)no1. The van der Waals surface area contributed by atoms with Crippen molar-refractivity contribution in [1.82, 2.24) is 20.1 Å². The van der Waals surface area contributed by atoms with E-state index in [4.69, 9.17) is 10.3 Å². The van der Waals surface area contributed by atoms with E-state index >= 15 is 0 Å². The highest BCUT2D eigenvalue weighted by molar-refractivity contribution is 5.79. The zero-order chi connectivity index (χ0) is 14.7. The van der Waals surface area contributed by atoms with Crippen molar-refractivity contribution in [3.63, 3.8) is 0 Å². The van der Waals surface area contributed by atoms with E-state index in [0.29, 0.717) is 18.3 Å². The van der Waals surface area contributed by atoms with Crippen LogP contribution in [-0.4, -0.2) is 26.7 Å². The summed E-state index contributed by atoms with van der Waals surface area (Å²) in [7, 11) is 0. The molecule has 1 atom stereocenters. The fourth-order valence-corrected chi connectivity index (χ4v) is 2.31. The Hall–Kier alpha value is -2.34. The van der Waals surface area contributed by atoms with Crippen LogP contribution < -0.4 is 5.73 Å². The van der Waals surface area contributed by atoms with Gasteiger partial charge < -0.3 is 10.3 Å². The number of benzene rings is 1. The quantitative estimate of drug-likeness (QED) is 0.773. The number of aromatic nitrogens is 4. The normalized spacial score (nSPS) is 12.7. The molecule has 0 aliphatic heterocycles. The van der Waals surface area contributed by atoms with Gasteiger partial charge in [0, 0.05) is 24.5 Å². The molecule has 3 aromatic rings. The van der Waals surface area contributed by atoms with E-state index in [-0.39, 0.29) is 5.92 Å². The first-order valence-corrected chi connectivity index (χ1v) is 7.06. The van der Waals surface area contributed by atoms with E-state index in [9.17, 15) is 0 Å². The van der Waals surface area contributed by atoms with Crippen molar-refractivity contribution >= 4 is 11.0 Å². The van der Waals surface area contributed by atoms with E-state index in [1.807, 2.05) is 18.2 Å². The molecule has 0 radical (unpaired) electrons. The fraction of sp³-hybridized carbons (Fsp3) is 0.333. The third-order valence-corrected chi connectivity index (χ3v) is 3.44. The Bertz CT molecular complexity index is 740. The molecule has 108 valence electrons. The van der Waals surface area contributed by atoms with Gasteiger partial charge in [0.25, 0.3) is 0 Å². The lowest BCUT2D eigenvalue weighted by Gasteiger charge is -2.06. The van der Waals surface area contributed by atoms with Gasteiger partial charge in [-0.05, 0) is 24.6 Å². The third-order valence-electron chi connectivity index (χ3n) is 3.44. The van der Waals surface area contributed by atoms with Gasteiger partial charge in [0.1, 0.15) is 0 Å². The van der Waals surface area contributed by atoms with Crippen LogP contribution in [0.25, 0.3) is 22.4 Å². The fourth-order valence-electron chi connectivity index (χ4n) is 2.31. The molecule has 0 amide bonds. The second-order valence-electron chi connectivity index (χ2n) is 4.94. The van der Waals surface area contributed by atoms with Crippen LogP contribution in [-0.2, 0) is 0 Å². The van der Waals surface area contributed by atoms with Gasteiger partial charge in [0.15, 0.2) is 0 Å². The van der Waals surface area contributed by atoms with Crippen molar-refractivity contribution in [3.05, 3.63) is 36.5 Å². The van der Waals surface area contributed by atoms with Gasteiger partial charge in [-0.25, -0.2) is 0 Å². The van der Waals surface area contributed by atoms with E-state index in [0.717, 1.165) is 29.4 Å². The number of rotatable bonds is 5. The molecule has 0 saturated heterocycles. The van der Waals surface area contributed by atoms with Gasteiger partial charge in [0.05, 0.1) is 17.0 Å². The van der Waals surface area contributed by atoms with Crippen LogP contribution in [0.2, 0.25) is 0 Å².